The van der Waals surface area contributed by atoms with Crippen molar-refractivity contribution in [2.24, 2.45) is 5.92 Å². The lowest BCUT2D eigenvalue weighted by atomic mass is 10.0. The summed E-state index contributed by atoms with van der Waals surface area (Å²) in [6.07, 6.45) is 13.7. The van der Waals surface area contributed by atoms with Crippen molar-refractivity contribution in [2.45, 2.75) is 116 Å². The second kappa shape index (κ2) is 14.4. The van der Waals surface area contributed by atoms with E-state index in [1.54, 1.807) is 0 Å². The summed E-state index contributed by atoms with van der Waals surface area (Å²) in [6.45, 7) is 3.54. The minimum Gasteiger partial charge on any atom is -0.171 e. The van der Waals surface area contributed by atoms with E-state index in [1.807, 2.05) is 0 Å². The number of halogens is 3. The van der Waals surface area contributed by atoms with Gasteiger partial charge in [0.1, 0.15) is 0 Å². The van der Waals surface area contributed by atoms with Crippen molar-refractivity contribution in [3.05, 3.63) is 0 Å². The minimum absolute atomic E-state index is 0.293. The van der Waals surface area contributed by atoms with Crippen LogP contribution in [0.3, 0.4) is 0 Å². The first-order chi connectivity index (χ1) is 10.5. The van der Waals surface area contributed by atoms with Crippen LogP contribution in [0.15, 0.2) is 0 Å². The molecular formula is C19H37F3. The zero-order valence-corrected chi connectivity index (χ0v) is 14.8. The Labute approximate surface area is 136 Å². The number of unbranched alkanes of at least 4 members (excludes halogenated alkanes) is 13. The van der Waals surface area contributed by atoms with Gasteiger partial charge in [-0.05, 0) is 6.42 Å². The molecular weight excluding hydrogens is 285 g/mol. The van der Waals surface area contributed by atoms with E-state index >= 15 is 0 Å². The van der Waals surface area contributed by atoms with Gasteiger partial charge in [-0.2, -0.15) is 13.2 Å². The highest BCUT2D eigenvalue weighted by molar-refractivity contribution is 4.62. The molecule has 0 radical (unpaired) electrons. The van der Waals surface area contributed by atoms with E-state index in [1.165, 1.54) is 77.6 Å². The SMILES string of the molecule is CCCCCCCCCCCCCCCCC(C)C(F)(F)F. The van der Waals surface area contributed by atoms with Crippen molar-refractivity contribution in [2.75, 3.05) is 0 Å². The molecule has 1 unspecified atom stereocenters. The Morgan fingerprint density at radius 2 is 0.909 bits per heavy atom. The van der Waals surface area contributed by atoms with Crippen LogP contribution in [0.2, 0.25) is 0 Å². The van der Waals surface area contributed by atoms with E-state index in [-0.39, 0.29) is 0 Å². The summed E-state index contributed by atoms with van der Waals surface area (Å²) in [5.41, 5.74) is 0. The van der Waals surface area contributed by atoms with Crippen LogP contribution >= 0.6 is 0 Å². The fraction of sp³-hybridized carbons (Fsp3) is 1.00. The van der Waals surface area contributed by atoms with E-state index in [0.29, 0.717) is 6.42 Å². The predicted molar refractivity (Wildman–Crippen MR) is 90.1 cm³/mol. The van der Waals surface area contributed by atoms with Gasteiger partial charge >= 0.3 is 6.18 Å². The normalized spacial score (nSPS) is 13.5. The predicted octanol–water partition coefficient (Wildman–Crippen LogP) is 8.06. The summed E-state index contributed by atoms with van der Waals surface area (Å²) in [5, 5.41) is 0. The molecule has 0 fully saturated rings. The standard InChI is InChI=1S/C19H37F3/c1-3-4-5-6-7-8-9-10-11-12-13-14-15-16-17-18(2)19(20,21)22/h18H,3-17H2,1-2H3. The van der Waals surface area contributed by atoms with Crippen molar-refractivity contribution in [3.63, 3.8) is 0 Å². The average molecular weight is 322 g/mol. The van der Waals surface area contributed by atoms with E-state index in [9.17, 15) is 13.2 Å². The molecule has 3 heteroatoms. The highest BCUT2D eigenvalue weighted by Crippen LogP contribution is 2.29. The number of rotatable bonds is 15. The zero-order chi connectivity index (χ0) is 16.7. The van der Waals surface area contributed by atoms with Crippen molar-refractivity contribution < 1.29 is 13.2 Å². The van der Waals surface area contributed by atoms with Crippen LogP contribution in [0, 0.1) is 5.92 Å². The Bertz CT molecular complexity index is 223. The lowest BCUT2D eigenvalue weighted by molar-refractivity contribution is -0.171. The summed E-state index contributed by atoms with van der Waals surface area (Å²) < 4.78 is 36.9. The lowest BCUT2D eigenvalue weighted by Gasteiger charge is -2.14. The molecule has 0 aliphatic rings. The molecule has 134 valence electrons. The molecule has 0 bridgehead atoms. The molecule has 0 amide bonds. The second-order valence-electron chi connectivity index (χ2n) is 6.83. The second-order valence-corrected chi connectivity index (χ2v) is 6.83. The Kier molecular flexibility index (Phi) is 14.2. The van der Waals surface area contributed by atoms with Gasteiger partial charge in [-0.25, -0.2) is 0 Å². The third-order valence-electron chi connectivity index (χ3n) is 4.55. The van der Waals surface area contributed by atoms with Gasteiger partial charge in [0.25, 0.3) is 0 Å². The Balaban J connectivity index is 3.12. The van der Waals surface area contributed by atoms with Gasteiger partial charge in [-0.3, -0.25) is 0 Å². The third kappa shape index (κ3) is 14.7. The lowest BCUT2D eigenvalue weighted by Crippen LogP contribution is -2.19. The van der Waals surface area contributed by atoms with Gasteiger partial charge < -0.3 is 0 Å². The monoisotopic (exact) mass is 322 g/mol. The van der Waals surface area contributed by atoms with Gasteiger partial charge in [0.2, 0.25) is 0 Å². The summed E-state index contributed by atoms with van der Waals surface area (Å²) in [6, 6.07) is 0. The minimum atomic E-state index is -4.00. The molecule has 22 heavy (non-hydrogen) atoms. The number of hydrogen-bond acceptors (Lipinski definition) is 0. The average Bonchev–Trinajstić information content (AvgIpc) is 2.46. The van der Waals surface area contributed by atoms with Gasteiger partial charge in [0.05, 0.1) is 5.92 Å². The third-order valence-corrected chi connectivity index (χ3v) is 4.55. The van der Waals surface area contributed by atoms with E-state index < -0.39 is 12.1 Å². The van der Waals surface area contributed by atoms with Crippen molar-refractivity contribution in [3.8, 4) is 0 Å². The Morgan fingerprint density at radius 1 is 0.591 bits per heavy atom. The molecule has 0 rings (SSSR count). The topological polar surface area (TPSA) is 0 Å². The maximum atomic E-state index is 12.3. The number of alkyl halides is 3. The molecule has 0 aromatic heterocycles. The van der Waals surface area contributed by atoms with Crippen LogP contribution in [0.1, 0.15) is 110 Å². The summed E-state index contributed by atoms with van der Waals surface area (Å²) >= 11 is 0. The first kappa shape index (κ1) is 21.8. The maximum Gasteiger partial charge on any atom is 0.391 e. The first-order valence-electron chi connectivity index (χ1n) is 9.55. The first-order valence-corrected chi connectivity index (χ1v) is 9.55. The highest BCUT2D eigenvalue weighted by atomic mass is 19.4. The molecule has 0 heterocycles. The fourth-order valence-corrected chi connectivity index (χ4v) is 2.81. The summed E-state index contributed by atoms with van der Waals surface area (Å²) in [7, 11) is 0. The highest BCUT2D eigenvalue weighted by Gasteiger charge is 2.34. The van der Waals surface area contributed by atoms with E-state index in [2.05, 4.69) is 6.92 Å². The zero-order valence-electron chi connectivity index (χ0n) is 14.8. The van der Waals surface area contributed by atoms with Gasteiger partial charge in [-0.1, -0.05) is 104 Å². The fourth-order valence-electron chi connectivity index (χ4n) is 2.81. The van der Waals surface area contributed by atoms with Gasteiger partial charge in [-0.15, -0.1) is 0 Å². The largest absolute Gasteiger partial charge is 0.391 e. The molecule has 0 saturated heterocycles. The quantitative estimate of drug-likeness (QED) is 0.267. The Morgan fingerprint density at radius 3 is 1.23 bits per heavy atom. The van der Waals surface area contributed by atoms with Gasteiger partial charge in [0, 0.05) is 0 Å². The van der Waals surface area contributed by atoms with Crippen LogP contribution in [-0.4, -0.2) is 6.18 Å². The molecule has 0 aliphatic heterocycles. The summed E-state index contributed by atoms with van der Waals surface area (Å²) in [4.78, 5) is 0. The molecule has 0 N–H and O–H groups in total. The molecule has 1 atom stereocenters. The Hall–Kier alpha value is -0.210. The van der Waals surface area contributed by atoms with Crippen LogP contribution in [0.5, 0.6) is 0 Å². The van der Waals surface area contributed by atoms with E-state index in [0.717, 1.165) is 19.3 Å². The number of hydrogen-bond donors (Lipinski definition) is 0. The van der Waals surface area contributed by atoms with Crippen molar-refractivity contribution in [1.82, 2.24) is 0 Å². The smallest absolute Gasteiger partial charge is 0.171 e. The molecule has 0 aromatic carbocycles. The van der Waals surface area contributed by atoms with Crippen molar-refractivity contribution in [1.29, 1.82) is 0 Å². The van der Waals surface area contributed by atoms with Crippen LogP contribution in [-0.2, 0) is 0 Å². The summed E-state index contributed by atoms with van der Waals surface area (Å²) in [5.74, 6) is -1.13. The molecule has 0 nitrogen and oxygen atoms in total. The van der Waals surface area contributed by atoms with Crippen molar-refractivity contribution >= 4 is 0 Å². The van der Waals surface area contributed by atoms with E-state index in [4.69, 9.17) is 0 Å². The molecule has 0 aliphatic carbocycles. The van der Waals surface area contributed by atoms with Crippen LogP contribution < -0.4 is 0 Å². The maximum absolute atomic E-state index is 12.3. The van der Waals surface area contributed by atoms with Gasteiger partial charge in [0.15, 0.2) is 0 Å². The van der Waals surface area contributed by atoms with Crippen LogP contribution in [0.4, 0.5) is 13.2 Å². The van der Waals surface area contributed by atoms with Crippen LogP contribution in [0.25, 0.3) is 0 Å². The molecule has 0 aromatic rings. The molecule has 0 saturated carbocycles. The molecule has 0 spiro atoms.